The molecule has 3 heteroatoms. The minimum Gasteiger partial charge on any atom is -0.487 e. The normalized spacial score (nSPS) is 10.3. The van der Waals surface area contributed by atoms with Crippen molar-refractivity contribution in [2.24, 2.45) is 0 Å². The van der Waals surface area contributed by atoms with E-state index >= 15 is 0 Å². The molecular formula is C18H12FNO. The van der Waals surface area contributed by atoms with Gasteiger partial charge >= 0.3 is 0 Å². The van der Waals surface area contributed by atoms with Crippen LogP contribution in [0.5, 0.6) is 5.75 Å². The lowest BCUT2D eigenvalue weighted by Gasteiger charge is -2.10. The molecule has 0 amide bonds. The molecule has 0 spiro atoms. The SMILES string of the molecule is N#Cc1c(OCc2ccc(F)cc2)ccc2ccccc12. The maximum absolute atomic E-state index is 12.9. The van der Waals surface area contributed by atoms with Crippen molar-refractivity contribution in [1.82, 2.24) is 0 Å². The van der Waals surface area contributed by atoms with E-state index in [0.717, 1.165) is 16.3 Å². The molecule has 0 unspecified atom stereocenters. The predicted octanol–water partition coefficient (Wildman–Crippen LogP) is 4.43. The standard InChI is InChI=1S/C18H12FNO/c19-15-8-5-13(6-9-15)12-21-18-10-7-14-3-1-2-4-16(14)17(18)11-20/h1-10H,12H2. The summed E-state index contributed by atoms with van der Waals surface area (Å²) in [5.74, 6) is 0.266. The Morgan fingerprint density at radius 1 is 0.952 bits per heavy atom. The van der Waals surface area contributed by atoms with Crippen LogP contribution in [0.25, 0.3) is 10.8 Å². The molecule has 0 atom stereocenters. The van der Waals surface area contributed by atoms with Crippen LogP contribution in [0.1, 0.15) is 11.1 Å². The van der Waals surface area contributed by atoms with E-state index in [0.29, 0.717) is 17.9 Å². The van der Waals surface area contributed by atoms with Crippen LogP contribution in [0, 0.1) is 17.1 Å². The van der Waals surface area contributed by atoms with Crippen molar-refractivity contribution < 1.29 is 9.13 Å². The summed E-state index contributed by atoms with van der Waals surface area (Å²) in [5.41, 5.74) is 1.38. The van der Waals surface area contributed by atoms with E-state index in [9.17, 15) is 9.65 Å². The molecule has 0 N–H and O–H groups in total. The average molecular weight is 277 g/mol. The predicted molar refractivity (Wildman–Crippen MR) is 79.4 cm³/mol. The summed E-state index contributed by atoms with van der Waals surface area (Å²) in [6.45, 7) is 0.299. The van der Waals surface area contributed by atoms with Gasteiger partial charge in [0.1, 0.15) is 29.8 Å². The number of ether oxygens (including phenoxy) is 1. The van der Waals surface area contributed by atoms with Gasteiger partial charge in [0.15, 0.2) is 0 Å². The molecule has 2 nitrogen and oxygen atoms in total. The number of hydrogen-bond acceptors (Lipinski definition) is 2. The number of fused-ring (bicyclic) bond motifs is 1. The van der Waals surface area contributed by atoms with Gasteiger partial charge in [-0.3, -0.25) is 0 Å². The molecule has 3 rings (SSSR count). The summed E-state index contributed by atoms with van der Waals surface area (Å²) in [4.78, 5) is 0. The lowest BCUT2D eigenvalue weighted by Crippen LogP contribution is -1.98. The third-order valence-electron chi connectivity index (χ3n) is 3.31. The van der Waals surface area contributed by atoms with Crippen LogP contribution in [0.2, 0.25) is 0 Å². The van der Waals surface area contributed by atoms with E-state index in [1.807, 2.05) is 30.3 Å². The van der Waals surface area contributed by atoms with E-state index in [4.69, 9.17) is 4.74 Å². The minimum absolute atomic E-state index is 0.276. The molecule has 0 heterocycles. The average Bonchev–Trinajstić information content (AvgIpc) is 2.53. The van der Waals surface area contributed by atoms with Gasteiger partial charge in [-0.2, -0.15) is 5.26 Å². The van der Waals surface area contributed by atoms with Crippen molar-refractivity contribution in [3.63, 3.8) is 0 Å². The van der Waals surface area contributed by atoms with Gasteiger partial charge in [0.05, 0.1) is 0 Å². The highest BCUT2D eigenvalue weighted by Gasteiger charge is 2.08. The van der Waals surface area contributed by atoms with Gasteiger partial charge in [-0.1, -0.05) is 42.5 Å². The van der Waals surface area contributed by atoms with E-state index < -0.39 is 0 Å². The van der Waals surface area contributed by atoms with E-state index in [1.165, 1.54) is 12.1 Å². The second kappa shape index (κ2) is 5.64. The molecule has 3 aromatic rings. The van der Waals surface area contributed by atoms with Gasteiger partial charge in [-0.05, 0) is 29.1 Å². The number of halogens is 1. The van der Waals surface area contributed by atoms with Gasteiger partial charge in [0.2, 0.25) is 0 Å². The number of hydrogen-bond donors (Lipinski definition) is 0. The highest BCUT2D eigenvalue weighted by atomic mass is 19.1. The maximum atomic E-state index is 12.9. The first-order valence-corrected chi connectivity index (χ1v) is 6.57. The summed E-state index contributed by atoms with van der Waals surface area (Å²) < 4.78 is 18.6. The highest BCUT2D eigenvalue weighted by molar-refractivity contribution is 5.90. The van der Waals surface area contributed by atoms with Gasteiger partial charge in [0.25, 0.3) is 0 Å². The van der Waals surface area contributed by atoms with Gasteiger partial charge in [-0.25, -0.2) is 4.39 Å². The fraction of sp³-hybridized carbons (Fsp3) is 0.0556. The smallest absolute Gasteiger partial charge is 0.138 e. The molecule has 21 heavy (non-hydrogen) atoms. The molecule has 0 aliphatic rings. The van der Waals surface area contributed by atoms with Crippen LogP contribution >= 0.6 is 0 Å². The number of rotatable bonds is 3. The van der Waals surface area contributed by atoms with E-state index in [1.54, 1.807) is 18.2 Å². The Hall–Kier alpha value is -2.86. The second-order valence-electron chi connectivity index (χ2n) is 4.69. The molecular weight excluding hydrogens is 265 g/mol. The molecule has 102 valence electrons. The molecule has 0 saturated heterocycles. The van der Waals surface area contributed by atoms with E-state index in [-0.39, 0.29) is 5.82 Å². The topological polar surface area (TPSA) is 33.0 Å². The quantitative estimate of drug-likeness (QED) is 0.709. The largest absolute Gasteiger partial charge is 0.487 e. The first kappa shape index (κ1) is 13.1. The molecule has 0 fully saturated rings. The van der Waals surface area contributed by atoms with Crippen LogP contribution in [0.4, 0.5) is 4.39 Å². The third kappa shape index (κ3) is 2.70. The molecule has 0 radical (unpaired) electrons. The van der Waals surface area contributed by atoms with Crippen LogP contribution in [-0.2, 0) is 6.61 Å². The van der Waals surface area contributed by atoms with Crippen molar-refractivity contribution in [1.29, 1.82) is 5.26 Å². The Kier molecular flexibility index (Phi) is 3.53. The zero-order valence-corrected chi connectivity index (χ0v) is 11.2. The molecule has 0 aliphatic carbocycles. The van der Waals surface area contributed by atoms with Gasteiger partial charge in [0, 0.05) is 5.39 Å². The molecule has 0 aliphatic heterocycles. The molecule has 0 bridgehead atoms. The van der Waals surface area contributed by atoms with Crippen LogP contribution in [-0.4, -0.2) is 0 Å². The maximum Gasteiger partial charge on any atom is 0.138 e. The summed E-state index contributed by atoms with van der Waals surface area (Å²) in [5, 5.41) is 11.2. The Balaban J connectivity index is 1.90. The van der Waals surface area contributed by atoms with Crippen LogP contribution in [0.3, 0.4) is 0 Å². The van der Waals surface area contributed by atoms with Crippen LogP contribution in [0.15, 0.2) is 60.7 Å². The second-order valence-corrected chi connectivity index (χ2v) is 4.69. The number of nitriles is 1. The minimum atomic E-state index is -0.276. The Labute approximate surface area is 122 Å². The van der Waals surface area contributed by atoms with Crippen LogP contribution < -0.4 is 4.74 Å². The third-order valence-corrected chi connectivity index (χ3v) is 3.31. The summed E-state index contributed by atoms with van der Waals surface area (Å²) in [7, 11) is 0. The van der Waals surface area contributed by atoms with Gasteiger partial charge in [-0.15, -0.1) is 0 Å². The zero-order chi connectivity index (χ0) is 14.7. The molecule has 0 aromatic heterocycles. The fourth-order valence-electron chi connectivity index (χ4n) is 2.23. The lowest BCUT2D eigenvalue weighted by atomic mass is 10.0. The summed E-state index contributed by atoms with van der Waals surface area (Å²) >= 11 is 0. The van der Waals surface area contributed by atoms with Gasteiger partial charge < -0.3 is 4.74 Å². The zero-order valence-electron chi connectivity index (χ0n) is 11.2. The van der Waals surface area contributed by atoms with Crippen molar-refractivity contribution in [2.45, 2.75) is 6.61 Å². The van der Waals surface area contributed by atoms with Crippen molar-refractivity contribution in [2.75, 3.05) is 0 Å². The number of nitrogens with zero attached hydrogens (tertiary/aromatic N) is 1. The van der Waals surface area contributed by atoms with Crippen molar-refractivity contribution >= 4 is 10.8 Å². The monoisotopic (exact) mass is 277 g/mol. The van der Waals surface area contributed by atoms with Crippen molar-refractivity contribution in [3.05, 3.63) is 77.6 Å². The Morgan fingerprint density at radius 2 is 1.71 bits per heavy atom. The first-order chi connectivity index (χ1) is 10.3. The van der Waals surface area contributed by atoms with Crippen molar-refractivity contribution in [3.8, 4) is 11.8 Å². The summed E-state index contributed by atoms with van der Waals surface area (Å²) in [6, 6.07) is 19.7. The lowest BCUT2D eigenvalue weighted by molar-refractivity contribution is 0.305. The Bertz CT molecular complexity index is 819. The fourth-order valence-corrected chi connectivity index (χ4v) is 2.23. The first-order valence-electron chi connectivity index (χ1n) is 6.57. The molecule has 3 aromatic carbocycles. The Morgan fingerprint density at radius 3 is 2.48 bits per heavy atom. The number of benzene rings is 3. The van der Waals surface area contributed by atoms with E-state index in [2.05, 4.69) is 6.07 Å². The molecule has 0 saturated carbocycles. The highest BCUT2D eigenvalue weighted by Crippen LogP contribution is 2.27. The summed E-state index contributed by atoms with van der Waals surface area (Å²) in [6.07, 6.45) is 0.